The Balaban J connectivity index is 1.53. The minimum Gasteiger partial charge on any atom is -0.497 e. The van der Waals surface area contributed by atoms with Crippen molar-refractivity contribution in [3.8, 4) is 11.4 Å². The van der Waals surface area contributed by atoms with Gasteiger partial charge in [-0.3, -0.25) is 9.36 Å². The number of aromatic nitrogens is 3. The van der Waals surface area contributed by atoms with Crippen LogP contribution in [0.3, 0.4) is 0 Å². The predicted molar refractivity (Wildman–Crippen MR) is 141 cm³/mol. The van der Waals surface area contributed by atoms with Gasteiger partial charge < -0.3 is 10.1 Å². The van der Waals surface area contributed by atoms with E-state index in [1.54, 1.807) is 37.1 Å². The molecule has 180 valence electrons. The SMILES string of the molecule is COc1ccc(CC(=O)NCc2nnc(SCc3cccc(C)c3)n2-c2cc(Cl)ccc2Cl)cc1. The zero-order valence-electron chi connectivity index (χ0n) is 19.3. The highest BCUT2D eigenvalue weighted by atomic mass is 35.5. The Bertz CT molecular complexity index is 1330. The smallest absolute Gasteiger partial charge is 0.224 e. The van der Waals surface area contributed by atoms with Gasteiger partial charge in [-0.25, -0.2) is 0 Å². The maximum absolute atomic E-state index is 12.6. The number of nitrogens with zero attached hydrogens (tertiary/aromatic N) is 3. The summed E-state index contributed by atoms with van der Waals surface area (Å²) in [5.74, 6) is 1.89. The molecular weight excluding hydrogens is 503 g/mol. The van der Waals surface area contributed by atoms with E-state index in [1.165, 1.54) is 11.1 Å². The van der Waals surface area contributed by atoms with Crippen molar-refractivity contribution in [3.63, 3.8) is 0 Å². The molecule has 1 N–H and O–H groups in total. The lowest BCUT2D eigenvalue weighted by Crippen LogP contribution is -2.26. The number of carbonyl (C=O) groups excluding carboxylic acids is 1. The first kappa shape index (κ1) is 25.1. The number of aryl methyl sites for hydroxylation is 1. The molecule has 0 fully saturated rings. The normalized spacial score (nSPS) is 10.9. The van der Waals surface area contributed by atoms with Crippen LogP contribution in [-0.2, 0) is 23.5 Å². The van der Waals surface area contributed by atoms with Gasteiger partial charge in [-0.15, -0.1) is 10.2 Å². The Hall–Kier alpha value is -3.00. The lowest BCUT2D eigenvalue weighted by atomic mass is 10.1. The fourth-order valence-electron chi connectivity index (χ4n) is 3.53. The van der Waals surface area contributed by atoms with Gasteiger partial charge in [-0.1, -0.05) is 76.9 Å². The molecule has 9 heteroatoms. The van der Waals surface area contributed by atoms with E-state index in [0.717, 1.165) is 11.3 Å². The van der Waals surface area contributed by atoms with Crippen molar-refractivity contribution >= 4 is 40.9 Å². The quantitative estimate of drug-likeness (QED) is 0.269. The molecule has 0 atom stereocenters. The van der Waals surface area contributed by atoms with Crippen LogP contribution >= 0.6 is 35.0 Å². The fourth-order valence-corrected chi connectivity index (χ4v) is 4.80. The summed E-state index contributed by atoms with van der Waals surface area (Å²) >= 11 is 14.3. The molecule has 0 saturated carbocycles. The Morgan fingerprint density at radius 1 is 1.03 bits per heavy atom. The molecule has 0 unspecified atom stereocenters. The van der Waals surface area contributed by atoms with E-state index >= 15 is 0 Å². The number of hydrogen-bond acceptors (Lipinski definition) is 5. The first-order valence-electron chi connectivity index (χ1n) is 10.9. The molecule has 0 spiro atoms. The monoisotopic (exact) mass is 526 g/mol. The van der Waals surface area contributed by atoms with Crippen LogP contribution in [0.4, 0.5) is 0 Å². The van der Waals surface area contributed by atoms with Gasteiger partial charge >= 0.3 is 0 Å². The molecule has 0 radical (unpaired) electrons. The van der Waals surface area contributed by atoms with Gasteiger partial charge in [0.15, 0.2) is 11.0 Å². The topological polar surface area (TPSA) is 69.0 Å². The van der Waals surface area contributed by atoms with Crippen LogP contribution in [0.1, 0.15) is 22.5 Å². The van der Waals surface area contributed by atoms with E-state index in [9.17, 15) is 4.79 Å². The van der Waals surface area contributed by atoms with Crippen LogP contribution in [0.25, 0.3) is 5.69 Å². The van der Waals surface area contributed by atoms with Crippen molar-refractivity contribution in [1.82, 2.24) is 20.1 Å². The molecule has 1 amide bonds. The van der Waals surface area contributed by atoms with Crippen molar-refractivity contribution in [1.29, 1.82) is 0 Å². The van der Waals surface area contributed by atoms with Crippen LogP contribution in [0.2, 0.25) is 10.0 Å². The van der Waals surface area contributed by atoms with Crippen molar-refractivity contribution < 1.29 is 9.53 Å². The minimum atomic E-state index is -0.129. The lowest BCUT2D eigenvalue weighted by molar-refractivity contribution is -0.120. The first-order valence-corrected chi connectivity index (χ1v) is 12.6. The summed E-state index contributed by atoms with van der Waals surface area (Å²) in [6.07, 6.45) is 0.241. The summed E-state index contributed by atoms with van der Waals surface area (Å²) in [6, 6.07) is 21.0. The Morgan fingerprint density at radius 2 is 1.83 bits per heavy atom. The van der Waals surface area contributed by atoms with Gasteiger partial charge in [0, 0.05) is 10.8 Å². The van der Waals surface area contributed by atoms with Crippen LogP contribution < -0.4 is 10.1 Å². The zero-order chi connectivity index (χ0) is 24.8. The predicted octanol–water partition coefficient (Wildman–Crippen LogP) is 6.04. The average molecular weight is 527 g/mol. The highest BCUT2D eigenvalue weighted by molar-refractivity contribution is 7.98. The summed E-state index contributed by atoms with van der Waals surface area (Å²) in [4.78, 5) is 12.6. The summed E-state index contributed by atoms with van der Waals surface area (Å²) in [5.41, 5.74) is 3.92. The van der Waals surface area contributed by atoms with Gasteiger partial charge in [0.2, 0.25) is 5.91 Å². The summed E-state index contributed by atoms with van der Waals surface area (Å²) in [5, 5.41) is 13.4. The fraction of sp³-hybridized carbons (Fsp3) is 0.192. The molecule has 0 aliphatic rings. The molecule has 1 heterocycles. The molecular formula is C26H24Cl2N4O2S. The maximum atomic E-state index is 12.6. The number of halogens is 2. The molecule has 0 saturated heterocycles. The number of amides is 1. The Labute approximate surface area is 218 Å². The van der Waals surface area contributed by atoms with E-state index in [2.05, 4.69) is 40.6 Å². The molecule has 35 heavy (non-hydrogen) atoms. The van der Waals surface area contributed by atoms with Gasteiger partial charge in [-0.05, 0) is 48.4 Å². The average Bonchev–Trinajstić information content (AvgIpc) is 3.26. The van der Waals surface area contributed by atoms with Gasteiger partial charge in [0.1, 0.15) is 5.75 Å². The number of nitrogens with one attached hydrogen (secondary N) is 1. The van der Waals surface area contributed by atoms with E-state index < -0.39 is 0 Å². The second-order valence-corrected chi connectivity index (χ2v) is 9.70. The largest absolute Gasteiger partial charge is 0.497 e. The standard InChI is InChI=1S/C26H24Cl2N4O2S/c1-17-4-3-5-19(12-17)16-35-26-31-30-24(32(26)23-14-20(27)8-11-22(23)28)15-29-25(33)13-18-6-9-21(34-2)10-7-18/h3-12,14H,13,15-16H2,1-2H3,(H,29,33). The Morgan fingerprint density at radius 3 is 2.57 bits per heavy atom. The summed E-state index contributed by atoms with van der Waals surface area (Å²) < 4.78 is 7.02. The van der Waals surface area contributed by atoms with Crippen LogP contribution in [0.5, 0.6) is 5.75 Å². The summed E-state index contributed by atoms with van der Waals surface area (Å²) in [7, 11) is 1.61. The molecule has 3 aromatic carbocycles. The van der Waals surface area contributed by atoms with Gasteiger partial charge in [-0.2, -0.15) is 0 Å². The Kier molecular flexibility index (Phi) is 8.33. The van der Waals surface area contributed by atoms with Crippen LogP contribution in [0, 0.1) is 6.92 Å². The molecule has 0 aliphatic carbocycles. The number of benzene rings is 3. The van der Waals surface area contributed by atoms with Crippen LogP contribution in [0.15, 0.2) is 71.9 Å². The number of methoxy groups -OCH3 is 1. The number of thioether (sulfide) groups is 1. The molecule has 0 aliphatic heterocycles. The number of ether oxygens (including phenoxy) is 1. The highest BCUT2D eigenvalue weighted by Gasteiger charge is 2.18. The van der Waals surface area contributed by atoms with Crippen molar-refractivity contribution in [2.75, 3.05) is 7.11 Å². The van der Waals surface area contributed by atoms with Gasteiger partial charge in [0.25, 0.3) is 0 Å². The van der Waals surface area contributed by atoms with E-state index in [0.29, 0.717) is 32.5 Å². The molecule has 1 aromatic heterocycles. The lowest BCUT2D eigenvalue weighted by Gasteiger charge is -2.13. The van der Waals surface area contributed by atoms with Gasteiger partial charge in [0.05, 0.1) is 30.8 Å². The third-order valence-electron chi connectivity index (χ3n) is 5.27. The molecule has 6 nitrogen and oxygen atoms in total. The third-order valence-corrected chi connectivity index (χ3v) is 6.82. The zero-order valence-corrected chi connectivity index (χ0v) is 21.6. The van der Waals surface area contributed by atoms with E-state index in [1.807, 2.05) is 34.9 Å². The van der Waals surface area contributed by atoms with E-state index in [4.69, 9.17) is 27.9 Å². The number of hydrogen-bond donors (Lipinski definition) is 1. The molecule has 4 rings (SSSR count). The molecule has 0 bridgehead atoms. The highest BCUT2D eigenvalue weighted by Crippen LogP contribution is 2.31. The van der Waals surface area contributed by atoms with Crippen molar-refractivity contribution in [2.24, 2.45) is 0 Å². The third kappa shape index (κ3) is 6.57. The molecule has 4 aromatic rings. The summed E-state index contributed by atoms with van der Waals surface area (Å²) in [6.45, 7) is 2.25. The minimum absolute atomic E-state index is 0.129. The van der Waals surface area contributed by atoms with E-state index in [-0.39, 0.29) is 18.9 Å². The van der Waals surface area contributed by atoms with Crippen molar-refractivity contribution in [2.45, 2.75) is 30.8 Å². The second kappa shape index (κ2) is 11.6. The number of carbonyl (C=O) groups is 1. The second-order valence-electron chi connectivity index (χ2n) is 7.91. The maximum Gasteiger partial charge on any atom is 0.224 e. The first-order chi connectivity index (χ1) is 16.9. The number of rotatable bonds is 9. The van der Waals surface area contributed by atoms with Crippen LogP contribution in [-0.4, -0.2) is 27.8 Å². The van der Waals surface area contributed by atoms with Crippen molar-refractivity contribution in [3.05, 3.63) is 99.3 Å².